The van der Waals surface area contributed by atoms with Gasteiger partial charge < -0.3 is 14.7 Å². The Balaban J connectivity index is 2.18. The summed E-state index contributed by atoms with van der Waals surface area (Å²) in [4.78, 5) is 12.9. The summed E-state index contributed by atoms with van der Waals surface area (Å²) in [6, 6.07) is 0.127. The lowest BCUT2D eigenvalue weighted by atomic mass is 10.1. The normalized spacial score (nSPS) is 21.9. The SMILES string of the molecule is CCN(CCCC1CCCO1)C(C)CC(=O)O. The van der Waals surface area contributed by atoms with Gasteiger partial charge in [-0.2, -0.15) is 0 Å². The second-order valence-corrected chi connectivity index (χ2v) is 4.85. The summed E-state index contributed by atoms with van der Waals surface area (Å²) in [6.07, 6.45) is 5.27. The summed E-state index contributed by atoms with van der Waals surface area (Å²) < 4.78 is 5.58. The van der Waals surface area contributed by atoms with E-state index >= 15 is 0 Å². The number of hydrogen-bond donors (Lipinski definition) is 1. The Morgan fingerprint density at radius 1 is 1.59 bits per heavy atom. The average molecular weight is 243 g/mol. The molecule has 0 aromatic carbocycles. The molecule has 1 aliphatic rings. The molecule has 0 radical (unpaired) electrons. The van der Waals surface area contributed by atoms with E-state index in [0.717, 1.165) is 32.5 Å². The van der Waals surface area contributed by atoms with Crippen LogP contribution in [0.15, 0.2) is 0 Å². The summed E-state index contributed by atoms with van der Waals surface area (Å²) in [6.45, 7) is 6.89. The molecule has 1 aliphatic heterocycles. The topological polar surface area (TPSA) is 49.8 Å². The first-order valence-electron chi connectivity index (χ1n) is 6.71. The van der Waals surface area contributed by atoms with E-state index in [-0.39, 0.29) is 12.5 Å². The number of hydrogen-bond acceptors (Lipinski definition) is 3. The van der Waals surface area contributed by atoms with Gasteiger partial charge in [0.2, 0.25) is 0 Å². The van der Waals surface area contributed by atoms with Crippen molar-refractivity contribution in [3.63, 3.8) is 0 Å². The molecule has 1 heterocycles. The fraction of sp³-hybridized carbons (Fsp3) is 0.923. The lowest BCUT2D eigenvalue weighted by Crippen LogP contribution is -2.35. The Hall–Kier alpha value is -0.610. The zero-order valence-electron chi connectivity index (χ0n) is 11.0. The van der Waals surface area contributed by atoms with Gasteiger partial charge in [0.15, 0.2) is 0 Å². The van der Waals surface area contributed by atoms with Gasteiger partial charge in [0.25, 0.3) is 0 Å². The summed E-state index contributed by atoms with van der Waals surface area (Å²) in [5, 5.41) is 8.78. The molecular formula is C13H25NO3. The number of rotatable bonds is 8. The minimum atomic E-state index is -0.713. The first-order valence-corrected chi connectivity index (χ1v) is 6.71. The smallest absolute Gasteiger partial charge is 0.304 e. The van der Waals surface area contributed by atoms with Gasteiger partial charge in [0.1, 0.15) is 0 Å². The van der Waals surface area contributed by atoms with Gasteiger partial charge in [-0.3, -0.25) is 4.79 Å². The molecule has 0 spiro atoms. The first-order chi connectivity index (χ1) is 8.13. The molecule has 1 saturated heterocycles. The predicted molar refractivity (Wildman–Crippen MR) is 67.2 cm³/mol. The summed E-state index contributed by atoms with van der Waals surface area (Å²) in [5.41, 5.74) is 0. The molecule has 2 atom stereocenters. The standard InChI is InChI=1S/C13H25NO3/c1-3-14(11(2)10-13(15)16)8-4-6-12-7-5-9-17-12/h11-12H,3-10H2,1-2H3,(H,15,16). The lowest BCUT2D eigenvalue weighted by molar-refractivity contribution is -0.138. The van der Waals surface area contributed by atoms with Crippen LogP contribution in [0.4, 0.5) is 0 Å². The van der Waals surface area contributed by atoms with E-state index in [2.05, 4.69) is 11.8 Å². The number of carbonyl (C=O) groups is 1. The second-order valence-electron chi connectivity index (χ2n) is 4.85. The Kier molecular flexibility index (Phi) is 6.52. The molecule has 2 unspecified atom stereocenters. The third kappa shape index (κ3) is 5.50. The minimum Gasteiger partial charge on any atom is -0.481 e. The van der Waals surface area contributed by atoms with Gasteiger partial charge in [0, 0.05) is 12.6 Å². The van der Waals surface area contributed by atoms with Crippen molar-refractivity contribution in [3.8, 4) is 0 Å². The van der Waals surface area contributed by atoms with Crippen molar-refractivity contribution < 1.29 is 14.6 Å². The number of aliphatic carboxylic acids is 1. The van der Waals surface area contributed by atoms with Gasteiger partial charge in [-0.1, -0.05) is 6.92 Å². The number of carboxylic acid groups (broad SMARTS) is 1. The van der Waals surface area contributed by atoms with Crippen LogP contribution >= 0.6 is 0 Å². The molecule has 1 rings (SSSR count). The fourth-order valence-electron chi connectivity index (χ4n) is 2.47. The largest absolute Gasteiger partial charge is 0.481 e. The van der Waals surface area contributed by atoms with Crippen LogP contribution in [0.1, 0.15) is 46.0 Å². The van der Waals surface area contributed by atoms with Crippen molar-refractivity contribution in [2.75, 3.05) is 19.7 Å². The van der Waals surface area contributed by atoms with Crippen LogP contribution in [-0.2, 0) is 9.53 Å². The van der Waals surface area contributed by atoms with Crippen molar-refractivity contribution >= 4 is 5.97 Å². The highest BCUT2D eigenvalue weighted by molar-refractivity contribution is 5.67. The highest BCUT2D eigenvalue weighted by Crippen LogP contribution is 2.17. The number of carboxylic acids is 1. The second kappa shape index (κ2) is 7.67. The van der Waals surface area contributed by atoms with E-state index in [1.165, 1.54) is 12.8 Å². The number of ether oxygens (including phenoxy) is 1. The summed E-state index contributed by atoms with van der Waals surface area (Å²) in [5.74, 6) is -0.713. The predicted octanol–water partition coefficient (Wildman–Crippen LogP) is 2.13. The molecule has 4 nitrogen and oxygen atoms in total. The molecule has 0 saturated carbocycles. The lowest BCUT2D eigenvalue weighted by Gasteiger charge is -2.27. The molecule has 4 heteroatoms. The van der Waals surface area contributed by atoms with Crippen molar-refractivity contribution in [3.05, 3.63) is 0 Å². The van der Waals surface area contributed by atoms with Crippen LogP contribution < -0.4 is 0 Å². The maximum atomic E-state index is 10.7. The first kappa shape index (κ1) is 14.5. The van der Waals surface area contributed by atoms with E-state index in [1.807, 2.05) is 6.92 Å². The van der Waals surface area contributed by atoms with Crippen LogP contribution in [0.25, 0.3) is 0 Å². The van der Waals surface area contributed by atoms with Crippen molar-refractivity contribution in [1.29, 1.82) is 0 Å². The van der Waals surface area contributed by atoms with E-state index < -0.39 is 5.97 Å². The molecule has 17 heavy (non-hydrogen) atoms. The van der Waals surface area contributed by atoms with Crippen LogP contribution in [-0.4, -0.2) is 47.8 Å². The highest BCUT2D eigenvalue weighted by Gasteiger charge is 2.18. The molecule has 1 N–H and O–H groups in total. The van der Waals surface area contributed by atoms with E-state index in [9.17, 15) is 4.79 Å². The van der Waals surface area contributed by atoms with Crippen molar-refractivity contribution in [2.45, 2.75) is 58.1 Å². The van der Waals surface area contributed by atoms with E-state index in [4.69, 9.17) is 9.84 Å². The van der Waals surface area contributed by atoms with Crippen molar-refractivity contribution in [1.82, 2.24) is 4.90 Å². The fourth-order valence-corrected chi connectivity index (χ4v) is 2.47. The molecular weight excluding hydrogens is 218 g/mol. The van der Waals surface area contributed by atoms with Crippen LogP contribution in [0, 0.1) is 0 Å². The number of nitrogens with zero attached hydrogens (tertiary/aromatic N) is 1. The van der Waals surface area contributed by atoms with Gasteiger partial charge in [-0.15, -0.1) is 0 Å². The van der Waals surface area contributed by atoms with Gasteiger partial charge in [0.05, 0.1) is 12.5 Å². The maximum absolute atomic E-state index is 10.7. The molecule has 0 amide bonds. The van der Waals surface area contributed by atoms with Gasteiger partial charge in [-0.25, -0.2) is 0 Å². The van der Waals surface area contributed by atoms with Crippen LogP contribution in [0.5, 0.6) is 0 Å². The zero-order valence-corrected chi connectivity index (χ0v) is 11.0. The Labute approximate surface area is 104 Å². The molecule has 0 aromatic heterocycles. The zero-order chi connectivity index (χ0) is 12.7. The molecule has 100 valence electrons. The van der Waals surface area contributed by atoms with Crippen molar-refractivity contribution in [2.24, 2.45) is 0 Å². The monoisotopic (exact) mass is 243 g/mol. The summed E-state index contributed by atoms with van der Waals surface area (Å²) in [7, 11) is 0. The van der Waals surface area contributed by atoms with E-state index in [1.54, 1.807) is 0 Å². The van der Waals surface area contributed by atoms with E-state index in [0.29, 0.717) is 6.10 Å². The average Bonchev–Trinajstić information content (AvgIpc) is 2.76. The quantitative estimate of drug-likeness (QED) is 0.709. The third-order valence-electron chi connectivity index (χ3n) is 3.49. The minimum absolute atomic E-state index is 0.127. The Morgan fingerprint density at radius 3 is 2.88 bits per heavy atom. The van der Waals surface area contributed by atoms with Crippen LogP contribution in [0.2, 0.25) is 0 Å². The Bertz CT molecular complexity index is 227. The maximum Gasteiger partial charge on any atom is 0.304 e. The molecule has 0 bridgehead atoms. The third-order valence-corrected chi connectivity index (χ3v) is 3.49. The molecule has 0 aromatic rings. The van der Waals surface area contributed by atoms with Gasteiger partial charge >= 0.3 is 5.97 Å². The van der Waals surface area contributed by atoms with Crippen LogP contribution in [0.3, 0.4) is 0 Å². The Morgan fingerprint density at radius 2 is 2.35 bits per heavy atom. The molecule has 0 aliphatic carbocycles. The summed E-state index contributed by atoms with van der Waals surface area (Å²) >= 11 is 0. The van der Waals surface area contributed by atoms with Gasteiger partial charge in [-0.05, 0) is 45.7 Å². The highest BCUT2D eigenvalue weighted by atomic mass is 16.5. The molecule has 1 fully saturated rings.